The number of rotatable bonds is 3. The molecule has 1 N–H and O–H groups in total. The molecule has 1 aromatic rings. The van der Waals surface area contributed by atoms with Gasteiger partial charge in [0.1, 0.15) is 12.1 Å². The number of hydrogen-bond acceptors (Lipinski definition) is 4. The molecular weight excluding hydrogens is 230 g/mol. The average Bonchev–Trinajstić information content (AvgIpc) is 2.40. The molecule has 1 aliphatic rings. The van der Waals surface area contributed by atoms with Crippen LogP contribution in [0.25, 0.3) is 0 Å². The lowest BCUT2D eigenvalue weighted by atomic mass is 9.74. The van der Waals surface area contributed by atoms with Gasteiger partial charge in [-0.05, 0) is 38.7 Å². The average molecular weight is 249 g/mol. The number of nitrogens with zero attached hydrogens (tertiary/aromatic N) is 3. The van der Waals surface area contributed by atoms with Gasteiger partial charge >= 0.3 is 5.97 Å². The minimum Gasteiger partial charge on any atom is -0.481 e. The number of aromatic nitrogens is 2. The minimum atomic E-state index is -0.725. The molecule has 0 bridgehead atoms. The smallest absolute Gasteiger partial charge is 0.309 e. The Morgan fingerprint density at radius 2 is 2.33 bits per heavy atom. The van der Waals surface area contributed by atoms with Gasteiger partial charge in [-0.2, -0.15) is 0 Å². The Bertz CT molecular complexity index is 420. The van der Waals surface area contributed by atoms with Gasteiger partial charge in [0.05, 0.1) is 5.41 Å². The van der Waals surface area contributed by atoms with E-state index in [1.54, 1.807) is 6.20 Å². The summed E-state index contributed by atoms with van der Waals surface area (Å²) in [4.78, 5) is 21.6. The number of hydrogen-bond donors (Lipinski definition) is 1. The van der Waals surface area contributed by atoms with E-state index in [0.29, 0.717) is 0 Å². The maximum atomic E-state index is 11.3. The molecule has 1 aliphatic heterocycles. The zero-order chi connectivity index (χ0) is 13.2. The van der Waals surface area contributed by atoms with Gasteiger partial charge in [-0.3, -0.25) is 4.79 Å². The molecular formula is C13H19N3O2. The lowest BCUT2D eigenvalue weighted by molar-refractivity contribution is -0.150. The summed E-state index contributed by atoms with van der Waals surface area (Å²) in [5.41, 5.74) is -0.689. The number of piperidine rings is 1. The van der Waals surface area contributed by atoms with Crippen molar-refractivity contribution in [3.63, 3.8) is 0 Å². The Balaban J connectivity index is 2.12. The first kappa shape index (κ1) is 12.8. The van der Waals surface area contributed by atoms with E-state index in [1.807, 2.05) is 19.9 Å². The Morgan fingerprint density at radius 1 is 1.56 bits per heavy atom. The van der Waals surface area contributed by atoms with Crippen molar-refractivity contribution in [3.8, 4) is 0 Å². The van der Waals surface area contributed by atoms with Crippen molar-refractivity contribution in [2.24, 2.45) is 11.3 Å². The van der Waals surface area contributed by atoms with Crippen LogP contribution in [0.4, 0.5) is 5.82 Å². The van der Waals surface area contributed by atoms with Gasteiger partial charge in [0, 0.05) is 19.3 Å². The molecule has 98 valence electrons. The van der Waals surface area contributed by atoms with Gasteiger partial charge in [0.25, 0.3) is 0 Å². The van der Waals surface area contributed by atoms with E-state index in [-0.39, 0.29) is 5.92 Å². The number of anilines is 1. The zero-order valence-corrected chi connectivity index (χ0v) is 10.8. The van der Waals surface area contributed by atoms with Crippen LogP contribution in [0, 0.1) is 11.3 Å². The van der Waals surface area contributed by atoms with E-state index in [4.69, 9.17) is 0 Å². The molecule has 5 nitrogen and oxygen atoms in total. The Morgan fingerprint density at radius 3 is 2.94 bits per heavy atom. The van der Waals surface area contributed by atoms with Crippen molar-refractivity contribution in [3.05, 3.63) is 18.6 Å². The topological polar surface area (TPSA) is 66.3 Å². The Hall–Kier alpha value is -1.65. The summed E-state index contributed by atoms with van der Waals surface area (Å²) < 4.78 is 0. The largest absolute Gasteiger partial charge is 0.481 e. The van der Waals surface area contributed by atoms with Crippen molar-refractivity contribution >= 4 is 11.8 Å². The third-order valence-corrected chi connectivity index (χ3v) is 3.88. The van der Waals surface area contributed by atoms with Crippen LogP contribution >= 0.6 is 0 Å². The summed E-state index contributed by atoms with van der Waals surface area (Å²) in [6.07, 6.45) is 5.21. The molecule has 0 aliphatic carbocycles. The highest BCUT2D eigenvalue weighted by molar-refractivity contribution is 5.74. The molecule has 0 saturated carbocycles. The van der Waals surface area contributed by atoms with Crippen LogP contribution < -0.4 is 4.90 Å². The second-order valence-electron chi connectivity index (χ2n) is 5.38. The summed E-state index contributed by atoms with van der Waals surface area (Å²) in [6, 6.07) is 1.87. The summed E-state index contributed by atoms with van der Waals surface area (Å²) in [5, 5.41) is 9.31. The molecule has 2 heterocycles. The molecule has 0 aromatic carbocycles. The van der Waals surface area contributed by atoms with E-state index in [0.717, 1.165) is 31.7 Å². The lowest BCUT2D eigenvalue weighted by Gasteiger charge is -2.39. The normalized spacial score (nSPS) is 20.8. The second-order valence-corrected chi connectivity index (χ2v) is 5.38. The number of carboxylic acid groups (broad SMARTS) is 1. The molecule has 2 rings (SSSR count). The first-order valence-corrected chi connectivity index (χ1v) is 6.26. The van der Waals surface area contributed by atoms with E-state index < -0.39 is 11.4 Å². The van der Waals surface area contributed by atoms with Gasteiger partial charge in [-0.15, -0.1) is 0 Å². The van der Waals surface area contributed by atoms with Crippen LogP contribution in [0.5, 0.6) is 0 Å². The zero-order valence-electron chi connectivity index (χ0n) is 10.8. The van der Waals surface area contributed by atoms with Crippen molar-refractivity contribution in [2.45, 2.75) is 26.7 Å². The standard InChI is InChI=1S/C13H19N3O2/c1-13(2,12(17)18)10-4-3-7-16(8-10)11-5-6-14-9-15-11/h5-6,9-10H,3-4,7-8H2,1-2H3,(H,17,18). The fraction of sp³-hybridized carbons (Fsp3) is 0.615. The van der Waals surface area contributed by atoms with E-state index in [9.17, 15) is 9.90 Å². The molecule has 18 heavy (non-hydrogen) atoms. The van der Waals surface area contributed by atoms with Crippen LogP contribution in [0.15, 0.2) is 18.6 Å². The van der Waals surface area contributed by atoms with E-state index >= 15 is 0 Å². The van der Waals surface area contributed by atoms with Crippen LogP contribution in [0.2, 0.25) is 0 Å². The quantitative estimate of drug-likeness (QED) is 0.884. The molecule has 1 saturated heterocycles. The maximum absolute atomic E-state index is 11.3. The van der Waals surface area contributed by atoms with Crippen LogP contribution in [-0.4, -0.2) is 34.1 Å². The molecule has 1 aromatic heterocycles. The predicted octanol–water partition coefficient (Wildman–Crippen LogP) is 1.80. The van der Waals surface area contributed by atoms with Crippen LogP contribution in [-0.2, 0) is 4.79 Å². The summed E-state index contributed by atoms with van der Waals surface area (Å²) in [6.45, 7) is 5.30. The molecule has 1 fully saturated rings. The van der Waals surface area contributed by atoms with Crippen LogP contribution in [0.1, 0.15) is 26.7 Å². The van der Waals surface area contributed by atoms with Crippen molar-refractivity contribution in [2.75, 3.05) is 18.0 Å². The number of carbonyl (C=O) groups is 1. The Labute approximate surface area is 107 Å². The molecule has 5 heteroatoms. The van der Waals surface area contributed by atoms with Gasteiger partial charge in [0.2, 0.25) is 0 Å². The van der Waals surface area contributed by atoms with Crippen molar-refractivity contribution < 1.29 is 9.90 Å². The van der Waals surface area contributed by atoms with Gasteiger partial charge in [-0.25, -0.2) is 9.97 Å². The van der Waals surface area contributed by atoms with Crippen molar-refractivity contribution in [1.29, 1.82) is 0 Å². The molecule has 1 unspecified atom stereocenters. The second kappa shape index (κ2) is 4.92. The molecule has 0 radical (unpaired) electrons. The van der Waals surface area contributed by atoms with Crippen molar-refractivity contribution in [1.82, 2.24) is 9.97 Å². The summed E-state index contributed by atoms with van der Waals surface area (Å²) >= 11 is 0. The fourth-order valence-corrected chi connectivity index (χ4v) is 2.42. The summed E-state index contributed by atoms with van der Waals surface area (Å²) in [7, 11) is 0. The van der Waals surface area contributed by atoms with Gasteiger partial charge in [-0.1, -0.05) is 0 Å². The maximum Gasteiger partial charge on any atom is 0.309 e. The highest BCUT2D eigenvalue weighted by atomic mass is 16.4. The van der Waals surface area contributed by atoms with Crippen LogP contribution in [0.3, 0.4) is 0 Å². The highest BCUT2D eigenvalue weighted by Gasteiger charge is 2.39. The first-order chi connectivity index (χ1) is 8.51. The Kier molecular flexibility index (Phi) is 3.50. The van der Waals surface area contributed by atoms with Gasteiger partial charge < -0.3 is 10.0 Å². The minimum absolute atomic E-state index is 0.152. The first-order valence-electron chi connectivity index (χ1n) is 6.26. The van der Waals surface area contributed by atoms with Gasteiger partial charge in [0.15, 0.2) is 0 Å². The highest BCUT2D eigenvalue weighted by Crippen LogP contribution is 2.35. The summed E-state index contributed by atoms with van der Waals surface area (Å²) in [5.74, 6) is 0.312. The van der Waals surface area contributed by atoms with E-state index in [2.05, 4.69) is 14.9 Å². The van der Waals surface area contributed by atoms with E-state index in [1.165, 1.54) is 6.33 Å². The monoisotopic (exact) mass is 249 g/mol. The number of aliphatic carboxylic acids is 1. The molecule has 1 atom stereocenters. The predicted molar refractivity (Wildman–Crippen MR) is 68.4 cm³/mol. The fourth-order valence-electron chi connectivity index (χ4n) is 2.42. The molecule has 0 amide bonds. The molecule has 0 spiro atoms. The third kappa shape index (κ3) is 2.44. The number of carboxylic acids is 1. The SMILES string of the molecule is CC(C)(C(=O)O)C1CCCN(c2ccncn2)C1. The third-order valence-electron chi connectivity index (χ3n) is 3.88. The lowest BCUT2D eigenvalue weighted by Crippen LogP contribution is -2.45.